The van der Waals surface area contributed by atoms with E-state index >= 15 is 0 Å². The van der Waals surface area contributed by atoms with Gasteiger partial charge in [-0.25, -0.2) is 0 Å². The molecule has 28 heavy (non-hydrogen) atoms. The summed E-state index contributed by atoms with van der Waals surface area (Å²) in [6.07, 6.45) is 0.714. The molecule has 0 spiro atoms. The highest BCUT2D eigenvalue weighted by Crippen LogP contribution is 2.27. The number of piperazine rings is 1. The van der Waals surface area contributed by atoms with Crippen LogP contribution in [0.1, 0.15) is 45.9 Å². The molecular weight excluding hydrogens is 352 g/mol. The SMILES string of the molecule is Cc1ccc(C(=O)N2CCN([C@@H](CCC(=O)O)c3ccc(C)cc3)CC2)cc1. The molecule has 1 N–H and O–H groups in total. The largest absolute Gasteiger partial charge is 0.481 e. The zero-order valence-electron chi connectivity index (χ0n) is 16.6. The van der Waals surface area contributed by atoms with Crippen LogP contribution in [-0.2, 0) is 4.79 Å². The fourth-order valence-corrected chi connectivity index (χ4v) is 3.72. The van der Waals surface area contributed by atoms with Gasteiger partial charge in [-0.15, -0.1) is 0 Å². The van der Waals surface area contributed by atoms with Gasteiger partial charge in [0.05, 0.1) is 0 Å². The Hall–Kier alpha value is -2.66. The molecule has 0 saturated carbocycles. The number of hydrogen-bond donors (Lipinski definition) is 1. The second-order valence-corrected chi connectivity index (χ2v) is 7.55. The van der Waals surface area contributed by atoms with Crippen LogP contribution in [0.25, 0.3) is 0 Å². The first-order chi connectivity index (χ1) is 13.4. The molecule has 0 bridgehead atoms. The third-order valence-corrected chi connectivity index (χ3v) is 5.43. The van der Waals surface area contributed by atoms with E-state index in [2.05, 4.69) is 29.2 Å². The molecule has 148 valence electrons. The van der Waals surface area contributed by atoms with Crippen LogP contribution in [0.5, 0.6) is 0 Å². The van der Waals surface area contributed by atoms with Crippen molar-refractivity contribution >= 4 is 11.9 Å². The molecule has 1 saturated heterocycles. The Labute approximate surface area is 166 Å². The van der Waals surface area contributed by atoms with Gasteiger partial charge in [0.1, 0.15) is 0 Å². The Bertz CT molecular complexity index is 807. The maximum absolute atomic E-state index is 12.7. The predicted molar refractivity (Wildman–Crippen MR) is 109 cm³/mol. The average molecular weight is 380 g/mol. The number of carbonyl (C=O) groups excluding carboxylic acids is 1. The third-order valence-electron chi connectivity index (χ3n) is 5.43. The molecule has 2 aromatic carbocycles. The van der Waals surface area contributed by atoms with E-state index in [0.29, 0.717) is 19.5 Å². The number of carboxylic acids is 1. The second-order valence-electron chi connectivity index (χ2n) is 7.55. The summed E-state index contributed by atoms with van der Waals surface area (Å²) < 4.78 is 0. The zero-order valence-corrected chi connectivity index (χ0v) is 16.6. The van der Waals surface area contributed by atoms with E-state index in [0.717, 1.165) is 29.8 Å². The van der Waals surface area contributed by atoms with Gasteiger partial charge in [0.15, 0.2) is 0 Å². The number of benzene rings is 2. The van der Waals surface area contributed by atoms with Crippen LogP contribution in [0, 0.1) is 13.8 Å². The van der Waals surface area contributed by atoms with Gasteiger partial charge in [0.25, 0.3) is 5.91 Å². The van der Waals surface area contributed by atoms with E-state index < -0.39 is 5.97 Å². The summed E-state index contributed by atoms with van der Waals surface area (Å²) in [6, 6.07) is 16.1. The lowest BCUT2D eigenvalue weighted by Crippen LogP contribution is -2.49. The quantitative estimate of drug-likeness (QED) is 0.831. The molecule has 1 amide bonds. The molecule has 0 aromatic heterocycles. The first kappa shape index (κ1) is 20.1. The van der Waals surface area contributed by atoms with Crippen LogP contribution in [0.2, 0.25) is 0 Å². The fraction of sp³-hybridized carbons (Fsp3) is 0.391. The van der Waals surface area contributed by atoms with Gasteiger partial charge in [-0.1, -0.05) is 47.5 Å². The lowest BCUT2D eigenvalue weighted by Gasteiger charge is -2.39. The average Bonchev–Trinajstić information content (AvgIpc) is 2.70. The number of amides is 1. The fourth-order valence-electron chi connectivity index (χ4n) is 3.72. The lowest BCUT2D eigenvalue weighted by atomic mass is 9.98. The van der Waals surface area contributed by atoms with Crippen molar-refractivity contribution in [1.29, 1.82) is 0 Å². The number of nitrogens with zero attached hydrogens (tertiary/aromatic N) is 2. The van der Waals surface area contributed by atoms with E-state index in [1.54, 1.807) is 0 Å². The lowest BCUT2D eigenvalue weighted by molar-refractivity contribution is -0.137. The number of carboxylic acid groups (broad SMARTS) is 1. The third kappa shape index (κ3) is 4.98. The highest BCUT2D eigenvalue weighted by molar-refractivity contribution is 5.94. The number of aliphatic carboxylic acids is 1. The minimum absolute atomic E-state index is 0.0633. The molecule has 2 aromatic rings. The van der Waals surface area contributed by atoms with Crippen molar-refractivity contribution in [3.8, 4) is 0 Å². The van der Waals surface area contributed by atoms with Gasteiger partial charge in [-0.05, 0) is 38.0 Å². The highest BCUT2D eigenvalue weighted by Gasteiger charge is 2.27. The summed E-state index contributed by atoms with van der Waals surface area (Å²) in [7, 11) is 0. The van der Waals surface area contributed by atoms with Gasteiger partial charge < -0.3 is 10.0 Å². The van der Waals surface area contributed by atoms with E-state index in [1.165, 1.54) is 5.56 Å². The monoisotopic (exact) mass is 380 g/mol. The highest BCUT2D eigenvalue weighted by atomic mass is 16.4. The van der Waals surface area contributed by atoms with Crippen molar-refractivity contribution in [3.63, 3.8) is 0 Å². The smallest absolute Gasteiger partial charge is 0.303 e. The summed E-state index contributed by atoms with van der Waals surface area (Å²) >= 11 is 0. The minimum Gasteiger partial charge on any atom is -0.481 e. The number of carbonyl (C=O) groups is 2. The molecule has 1 atom stereocenters. The van der Waals surface area contributed by atoms with Gasteiger partial charge in [-0.3, -0.25) is 14.5 Å². The van der Waals surface area contributed by atoms with Crippen molar-refractivity contribution < 1.29 is 14.7 Å². The Balaban J connectivity index is 1.67. The zero-order chi connectivity index (χ0) is 20.1. The summed E-state index contributed by atoms with van der Waals surface area (Å²) in [5, 5.41) is 9.14. The van der Waals surface area contributed by atoms with Crippen LogP contribution < -0.4 is 0 Å². The number of aryl methyl sites for hydroxylation is 2. The molecule has 5 nitrogen and oxygen atoms in total. The van der Waals surface area contributed by atoms with Gasteiger partial charge in [-0.2, -0.15) is 0 Å². The standard InChI is InChI=1S/C23H28N2O3/c1-17-3-7-19(8-4-17)21(11-12-22(26)27)24-13-15-25(16-14-24)23(28)20-9-5-18(2)6-10-20/h3-10,21H,11-16H2,1-2H3,(H,26,27)/t21-/m0/s1. The van der Waals surface area contributed by atoms with Crippen LogP contribution in [0.3, 0.4) is 0 Å². The van der Waals surface area contributed by atoms with Crippen LogP contribution in [0.4, 0.5) is 0 Å². The Morgan fingerprint density at radius 1 is 0.893 bits per heavy atom. The van der Waals surface area contributed by atoms with Gasteiger partial charge >= 0.3 is 5.97 Å². The van der Waals surface area contributed by atoms with Crippen LogP contribution >= 0.6 is 0 Å². The summed E-state index contributed by atoms with van der Waals surface area (Å²) in [4.78, 5) is 28.1. The van der Waals surface area contributed by atoms with Crippen molar-refractivity contribution in [1.82, 2.24) is 9.80 Å². The first-order valence-corrected chi connectivity index (χ1v) is 9.82. The van der Waals surface area contributed by atoms with Crippen LogP contribution in [0.15, 0.2) is 48.5 Å². The van der Waals surface area contributed by atoms with Gasteiger partial charge in [0.2, 0.25) is 0 Å². The molecule has 1 heterocycles. The van der Waals surface area contributed by atoms with E-state index in [4.69, 9.17) is 5.11 Å². The molecule has 3 rings (SSSR count). The van der Waals surface area contributed by atoms with Crippen LogP contribution in [-0.4, -0.2) is 53.0 Å². The maximum Gasteiger partial charge on any atom is 0.303 e. The summed E-state index contributed by atoms with van der Waals surface area (Å²) in [5.41, 5.74) is 4.19. The summed E-state index contributed by atoms with van der Waals surface area (Å²) in [5.74, 6) is -0.706. The first-order valence-electron chi connectivity index (χ1n) is 9.82. The molecule has 1 aliphatic rings. The molecule has 1 aliphatic heterocycles. The molecular formula is C23H28N2O3. The van der Waals surface area contributed by atoms with Crippen molar-refractivity contribution in [2.75, 3.05) is 26.2 Å². The molecule has 1 fully saturated rings. The van der Waals surface area contributed by atoms with E-state index in [9.17, 15) is 9.59 Å². The number of hydrogen-bond acceptors (Lipinski definition) is 3. The Morgan fingerprint density at radius 3 is 1.96 bits per heavy atom. The topological polar surface area (TPSA) is 60.9 Å². The minimum atomic E-state index is -0.773. The second kappa shape index (κ2) is 9.02. The normalized spacial score (nSPS) is 16.0. The van der Waals surface area contributed by atoms with Crippen molar-refractivity contribution in [2.45, 2.75) is 32.7 Å². The Kier molecular flexibility index (Phi) is 6.47. The van der Waals surface area contributed by atoms with Crippen molar-refractivity contribution in [3.05, 3.63) is 70.8 Å². The predicted octanol–water partition coefficient (Wildman–Crippen LogP) is 3.67. The molecule has 5 heteroatoms. The van der Waals surface area contributed by atoms with Crippen molar-refractivity contribution in [2.24, 2.45) is 0 Å². The molecule has 0 unspecified atom stereocenters. The maximum atomic E-state index is 12.7. The van der Waals surface area contributed by atoms with E-state index in [1.807, 2.05) is 43.0 Å². The molecule has 0 aliphatic carbocycles. The number of rotatable bonds is 6. The summed E-state index contributed by atoms with van der Waals surface area (Å²) in [6.45, 7) is 6.86. The molecule has 0 radical (unpaired) electrons. The Morgan fingerprint density at radius 2 is 1.43 bits per heavy atom. The van der Waals surface area contributed by atoms with Gasteiger partial charge in [0, 0.05) is 44.2 Å². The van der Waals surface area contributed by atoms with E-state index in [-0.39, 0.29) is 18.4 Å².